The highest BCUT2D eigenvalue weighted by Gasteiger charge is 2.11. The number of aryl methyl sites for hydroxylation is 1. The van der Waals surface area contributed by atoms with Gasteiger partial charge >= 0.3 is 0 Å². The Hall–Kier alpha value is -1.32. The Kier molecular flexibility index (Phi) is 4.61. The molecule has 98 valence electrons. The smallest absolute Gasteiger partial charge is 0.201 e. The van der Waals surface area contributed by atoms with Crippen molar-refractivity contribution < 1.29 is 9.53 Å². The van der Waals surface area contributed by atoms with Crippen LogP contribution in [0.5, 0.6) is 5.75 Å². The Morgan fingerprint density at radius 3 is 2.74 bits per heavy atom. The van der Waals surface area contributed by atoms with Crippen molar-refractivity contribution in [1.82, 2.24) is 0 Å². The first-order valence-electron chi connectivity index (χ1n) is 5.74. The fourth-order valence-corrected chi connectivity index (χ4v) is 2.31. The van der Waals surface area contributed by atoms with E-state index in [0.717, 1.165) is 10.0 Å². The molecule has 0 atom stereocenters. The molecule has 0 heterocycles. The molecule has 0 aliphatic carbocycles. The molecular weight excluding hydrogens is 328 g/mol. The van der Waals surface area contributed by atoms with Gasteiger partial charge in [-0.2, -0.15) is 0 Å². The number of ether oxygens (including phenoxy) is 1. The minimum absolute atomic E-state index is 0.0101. The molecule has 0 saturated carbocycles. The molecule has 0 N–H and O–H groups in total. The van der Waals surface area contributed by atoms with Gasteiger partial charge in [-0.25, -0.2) is 0 Å². The van der Waals surface area contributed by atoms with Crippen LogP contribution in [0.1, 0.15) is 15.9 Å². The van der Waals surface area contributed by atoms with Gasteiger partial charge in [-0.3, -0.25) is 4.79 Å². The molecule has 2 aromatic carbocycles. The number of ketones is 1. The SMILES string of the molecule is Cc1ccc(Cl)cc1OCC(=O)c1ccccc1Br. The van der Waals surface area contributed by atoms with E-state index in [1.807, 2.05) is 31.2 Å². The van der Waals surface area contributed by atoms with Crippen LogP contribution in [0, 0.1) is 6.92 Å². The maximum Gasteiger partial charge on any atom is 0.201 e. The number of hydrogen-bond acceptors (Lipinski definition) is 2. The summed E-state index contributed by atoms with van der Waals surface area (Å²) in [6.45, 7) is 1.90. The van der Waals surface area contributed by atoms with Gasteiger partial charge in [-0.15, -0.1) is 0 Å². The van der Waals surface area contributed by atoms with E-state index in [1.54, 1.807) is 18.2 Å². The molecule has 0 saturated heterocycles. The predicted molar refractivity (Wildman–Crippen MR) is 80.2 cm³/mol. The Morgan fingerprint density at radius 1 is 1.26 bits per heavy atom. The lowest BCUT2D eigenvalue weighted by molar-refractivity contribution is 0.0920. The molecule has 0 aromatic heterocycles. The third-order valence-electron chi connectivity index (χ3n) is 2.68. The maximum absolute atomic E-state index is 12.0. The standard InChI is InChI=1S/C15H12BrClO2/c1-10-6-7-11(17)8-15(10)19-9-14(18)12-4-2-3-5-13(12)16/h2-8H,9H2,1H3. The molecule has 0 fully saturated rings. The summed E-state index contributed by atoms with van der Waals surface area (Å²) in [5.41, 5.74) is 1.56. The molecule has 2 nitrogen and oxygen atoms in total. The topological polar surface area (TPSA) is 26.3 Å². The van der Waals surface area contributed by atoms with E-state index in [-0.39, 0.29) is 12.4 Å². The fourth-order valence-electron chi connectivity index (χ4n) is 1.64. The summed E-state index contributed by atoms with van der Waals surface area (Å²) >= 11 is 9.25. The van der Waals surface area contributed by atoms with Crippen LogP contribution in [0.4, 0.5) is 0 Å². The van der Waals surface area contributed by atoms with Crippen molar-refractivity contribution in [2.75, 3.05) is 6.61 Å². The molecule has 0 bridgehead atoms. The zero-order valence-corrected chi connectivity index (χ0v) is 12.7. The molecular formula is C15H12BrClO2. The van der Waals surface area contributed by atoms with Gasteiger partial charge in [0, 0.05) is 15.1 Å². The lowest BCUT2D eigenvalue weighted by atomic mass is 10.1. The highest BCUT2D eigenvalue weighted by Crippen LogP contribution is 2.23. The molecule has 0 spiro atoms. The van der Waals surface area contributed by atoms with E-state index in [0.29, 0.717) is 16.3 Å². The predicted octanol–water partition coefficient (Wildman–Crippen LogP) is 4.67. The first-order chi connectivity index (χ1) is 9.08. The zero-order chi connectivity index (χ0) is 13.8. The largest absolute Gasteiger partial charge is 0.485 e. The number of Topliss-reactive ketones (excluding diaryl/α,β-unsaturated/α-hetero) is 1. The van der Waals surface area contributed by atoms with Gasteiger partial charge < -0.3 is 4.74 Å². The van der Waals surface area contributed by atoms with Crippen LogP contribution in [0.25, 0.3) is 0 Å². The van der Waals surface area contributed by atoms with Gasteiger partial charge in [0.2, 0.25) is 5.78 Å². The highest BCUT2D eigenvalue weighted by molar-refractivity contribution is 9.10. The van der Waals surface area contributed by atoms with E-state index in [1.165, 1.54) is 0 Å². The number of halogens is 2. The number of hydrogen-bond donors (Lipinski definition) is 0. The second-order valence-electron chi connectivity index (χ2n) is 4.10. The zero-order valence-electron chi connectivity index (χ0n) is 10.3. The van der Waals surface area contributed by atoms with Gasteiger partial charge in [-0.1, -0.05) is 51.8 Å². The molecule has 19 heavy (non-hydrogen) atoms. The number of benzene rings is 2. The summed E-state index contributed by atoms with van der Waals surface area (Å²) < 4.78 is 6.30. The molecule has 0 amide bonds. The molecule has 0 radical (unpaired) electrons. The van der Waals surface area contributed by atoms with Crippen molar-refractivity contribution in [3.63, 3.8) is 0 Å². The summed E-state index contributed by atoms with van der Waals surface area (Å²) in [7, 11) is 0. The van der Waals surface area contributed by atoms with Crippen LogP contribution in [-0.2, 0) is 0 Å². The third-order valence-corrected chi connectivity index (χ3v) is 3.61. The van der Waals surface area contributed by atoms with Crippen LogP contribution in [-0.4, -0.2) is 12.4 Å². The van der Waals surface area contributed by atoms with Gasteiger partial charge in [-0.05, 0) is 30.7 Å². The summed E-state index contributed by atoms with van der Waals surface area (Å²) in [6, 6.07) is 12.6. The van der Waals surface area contributed by atoms with E-state index < -0.39 is 0 Å². The Morgan fingerprint density at radius 2 is 2.00 bits per heavy atom. The fraction of sp³-hybridized carbons (Fsp3) is 0.133. The molecule has 0 unspecified atom stereocenters. The lowest BCUT2D eigenvalue weighted by Gasteiger charge is -2.09. The molecule has 2 rings (SSSR count). The second kappa shape index (κ2) is 6.22. The monoisotopic (exact) mass is 338 g/mol. The maximum atomic E-state index is 12.0. The van der Waals surface area contributed by atoms with Gasteiger partial charge in [0.05, 0.1) is 0 Å². The average Bonchev–Trinajstić information content (AvgIpc) is 2.40. The van der Waals surface area contributed by atoms with E-state index in [4.69, 9.17) is 16.3 Å². The first-order valence-corrected chi connectivity index (χ1v) is 6.91. The van der Waals surface area contributed by atoms with Gasteiger partial charge in [0.1, 0.15) is 5.75 Å². The quantitative estimate of drug-likeness (QED) is 0.757. The summed E-state index contributed by atoms with van der Waals surface area (Å²) in [4.78, 5) is 12.0. The molecule has 2 aromatic rings. The van der Waals surface area contributed by atoms with Crippen molar-refractivity contribution in [2.45, 2.75) is 6.92 Å². The van der Waals surface area contributed by atoms with Crippen LogP contribution < -0.4 is 4.74 Å². The van der Waals surface area contributed by atoms with E-state index in [9.17, 15) is 4.79 Å². The second-order valence-corrected chi connectivity index (χ2v) is 5.39. The van der Waals surface area contributed by atoms with Gasteiger partial charge in [0.15, 0.2) is 6.61 Å². The average molecular weight is 340 g/mol. The molecule has 0 aliphatic heterocycles. The summed E-state index contributed by atoms with van der Waals surface area (Å²) in [5, 5.41) is 0.592. The van der Waals surface area contributed by atoms with E-state index in [2.05, 4.69) is 15.9 Å². The van der Waals surface area contributed by atoms with Crippen LogP contribution in [0.15, 0.2) is 46.9 Å². The number of rotatable bonds is 4. The molecule has 0 aliphatic rings. The Bertz CT molecular complexity index is 611. The first kappa shape index (κ1) is 14.1. The minimum atomic E-state index is -0.0770. The van der Waals surface area contributed by atoms with Crippen molar-refractivity contribution in [1.29, 1.82) is 0 Å². The molecule has 4 heteroatoms. The third kappa shape index (κ3) is 3.58. The number of carbonyl (C=O) groups is 1. The van der Waals surface area contributed by atoms with Gasteiger partial charge in [0.25, 0.3) is 0 Å². The van der Waals surface area contributed by atoms with Crippen molar-refractivity contribution in [3.05, 3.63) is 63.1 Å². The van der Waals surface area contributed by atoms with E-state index >= 15 is 0 Å². The van der Waals surface area contributed by atoms with Crippen LogP contribution in [0.2, 0.25) is 5.02 Å². The van der Waals surface area contributed by atoms with Crippen LogP contribution in [0.3, 0.4) is 0 Å². The number of carbonyl (C=O) groups excluding carboxylic acids is 1. The Labute approximate surface area is 125 Å². The Balaban J connectivity index is 2.09. The van der Waals surface area contributed by atoms with Crippen molar-refractivity contribution >= 4 is 33.3 Å². The van der Waals surface area contributed by atoms with Crippen molar-refractivity contribution in [3.8, 4) is 5.75 Å². The minimum Gasteiger partial charge on any atom is -0.485 e. The highest BCUT2D eigenvalue weighted by atomic mass is 79.9. The normalized spacial score (nSPS) is 10.3. The lowest BCUT2D eigenvalue weighted by Crippen LogP contribution is -2.12. The summed E-state index contributed by atoms with van der Waals surface area (Å²) in [5.74, 6) is 0.555. The van der Waals surface area contributed by atoms with Crippen molar-refractivity contribution in [2.24, 2.45) is 0 Å². The summed E-state index contributed by atoms with van der Waals surface area (Å²) in [6.07, 6.45) is 0. The van der Waals surface area contributed by atoms with Crippen LogP contribution >= 0.6 is 27.5 Å².